The van der Waals surface area contributed by atoms with Crippen LogP contribution in [0.1, 0.15) is 47.9 Å². The molecule has 2 aromatic carbocycles. The highest BCUT2D eigenvalue weighted by Gasteiger charge is 2.14. The Hall–Kier alpha value is -2.62. The van der Waals surface area contributed by atoms with Crippen LogP contribution in [0.2, 0.25) is 0 Å². The number of amidine groups is 2. The van der Waals surface area contributed by atoms with Crippen LogP contribution in [0.5, 0.6) is 0 Å². The molecule has 0 fully saturated rings. The van der Waals surface area contributed by atoms with Crippen molar-refractivity contribution in [3.8, 4) is 11.1 Å². The van der Waals surface area contributed by atoms with E-state index in [9.17, 15) is 0 Å². The lowest BCUT2D eigenvalue weighted by Crippen LogP contribution is -2.11. The first-order valence-electron chi connectivity index (χ1n) is 10.3. The second-order valence-corrected chi connectivity index (χ2v) is 8.08. The molecule has 0 radical (unpaired) electrons. The van der Waals surface area contributed by atoms with Gasteiger partial charge >= 0.3 is 0 Å². The number of rotatable bonds is 3. The van der Waals surface area contributed by atoms with E-state index in [0.29, 0.717) is 0 Å². The third-order valence-electron chi connectivity index (χ3n) is 5.69. The Morgan fingerprint density at radius 1 is 0.607 bits per heavy atom. The minimum Gasteiger partial charge on any atom is -0.344 e. The van der Waals surface area contributed by atoms with E-state index in [1.807, 2.05) is 0 Å². The SMILES string of the molecule is Cc1cc(-c2cc(C)c(NC3=NCCC3)c(C)c2)cc(C)c1NC1=NCCC1. The minimum absolute atomic E-state index is 0.948. The zero-order chi connectivity index (χ0) is 19.7. The highest BCUT2D eigenvalue weighted by atomic mass is 15.0. The van der Waals surface area contributed by atoms with Crippen LogP contribution in [-0.2, 0) is 0 Å². The molecule has 0 bridgehead atoms. The molecule has 0 unspecified atom stereocenters. The Kier molecular flexibility index (Phi) is 5.21. The zero-order valence-corrected chi connectivity index (χ0v) is 17.4. The number of nitrogens with zero attached hydrogens (tertiary/aromatic N) is 2. The first kappa shape index (κ1) is 18.7. The fourth-order valence-electron chi connectivity index (χ4n) is 4.23. The van der Waals surface area contributed by atoms with E-state index < -0.39 is 0 Å². The first-order chi connectivity index (χ1) is 13.5. The van der Waals surface area contributed by atoms with Crippen molar-refractivity contribution in [3.05, 3.63) is 46.5 Å². The van der Waals surface area contributed by atoms with Gasteiger partial charge in [0.2, 0.25) is 0 Å². The van der Waals surface area contributed by atoms with Crippen LogP contribution in [-0.4, -0.2) is 24.8 Å². The third kappa shape index (κ3) is 3.82. The van der Waals surface area contributed by atoms with Crippen LogP contribution in [0, 0.1) is 27.7 Å². The summed E-state index contributed by atoms with van der Waals surface area (Å²) < 4.78 is 0. The van der Waals surface area contributed by atoms with Crippen LogP contribution in [0.4, 0.5) is 11.4 Å². The van der Waals surface area contributed by atoms with Crippen LogP contribution in [0.25, 0.3) is 11.1 Å². The van der Waals surface area contributed by atoms with Gasteiger partial charge in [0.15, 0.2) is 0 Å². The Bertz CT molecular complexity index is 843. The Balaban J connectivity index is 1.63. The molecule has 2 aromatic rings. The summed E-state index contributed by atoms with van der Waals surface area (Å²) in [6.07, 6.45) is 4.42. The average molecular weight is 375 g/mol. The van der Waals surface area contributed by atoms with Crippen molar-refractivity contribution in [1.29, 1.82) is 0 Å². The van der Waals surface area contributed by atoms with Gasteiger partial charge < -0.3 is 10.6 Å². The molecule has 28 heavy (non-hydrogen) atoms. The van der Waals surface area contributed by atoms with E-state index in [1.165, 1.54) is 44.8 Å². The number of nitrogens with one attached hydrogen (secondary N) is 2. The minimum atomic E-state index is 0.948. The topological polar surface area (TPSA) is 48.8 Å². The van der Waals surface area contributed by atoms with Crippen molar-refractivity contribution in [1.82, 2.24) is 0 Å². The van der Waals surface area contributed by atoms with E-state index in [1.54, 1.807) is 0 Å². The van der Waals surface area contributed by atoms with Crippen LogP contribution < -0.4 is 10.6 Å². The molecule has 0 spiro atoms. The van der Waals surface area contributed by atoms with Crippen molar-refractivity contribution in [2.75, 3.05) is 23.7 Å². The third-order valence-corrected chi connectivity index (χ3v) is 5.69. The van der Waals surface area contributed by atoms with Crippen molar-refractivity contribution >= 4 is 23.0 Å². The molecule has 146 valence electrons. The highest BCUT2D eigenvalue weighted by molar-refractivity contribution is 5.99. The molecule has 0 saturated carbocycles. The molecular formula is C24H30N4. The molecule has 2 aliphatic rings. The maximum atomic E-state index is 4.56. The van der Waals surface area contributed by atoms with Gasteiger partial charge in [-0.1, -0.05) is 0 Å². The van der Waals surface area contributed by atoms with E-state index >= 15 is 0 Å². The highest BCUT2D eigenvalue weighted by Crippen LogP contribution is 2.33. The lowest BCUT2D eigenvalue weighted by atomic mass is 9.95. The van der Waals surface area contributed by atoms with E-state index in [0.717, 1.165) is 50.4 Å². The molecular weight excluding hydrogens is 344 g/mol. The van der Waals surface area contributed by atoms with Crippen LogP contribution in [0.3, 0.4) is 0 Å². The molecule has 0 aliphatic carbocycles. The van der Waals surface area contributed by atoms with E-state index in [2.05, 4.69) is 72.6 Å². The summed E-state index contributed by atoms with van der Waals surface area (Å²) in [5, 5.41) is 7.11. The maximum absolute atomic E-state index is 4.56. The first-order valence-corrected chi connectivity index (χ1v) is 10.3. The molecule has 2 heterocycles. The number of hydrogen-bond acceptors (Lipinski definition) is 4. The molecule has 2 N–H and O–H groups in total. The maximum Gasteiger partial charge on any atom is 0.101 e. The second-order valence-electron chi connectivity index (χ2n) is 8.08. The fraction of sp³-hybridized carbons (Fsp3) is 0.417. The summed E-state index contributed by atoms with van der Waals surface area (Å²) in [7, 11) is 0. The van der Waals surface area contributed by atoms with Crippen LogP contribution in [0.15, 0.2) is 34.3 Å². The summed E-state index contributed by atoms with van der Waals surface area (Å²) in [6, 6.07) is 9.14. The predicted octanol–water partition coefficient (Wildman–Crippen LogP) is 5.80. The molecule has 2 aliphatic heterocycles. The normalized spacial score (nSPS) is 16.1. The van der Waals surface area contributed by atoms with Gasteiger partial charge in [0.1, 0.15) is 11.7 Å². The number of aryl methyl sites for hydroxylation is 4. The second kappa shape index (κ2) is 7.78. The predicted molar refractivity (Wildman–Crippen MR) is 121 cm³/mol. The molecule has 0 atom stereocenters. The van der Waals surface area contributed by atoms with Gasteiger partial charge in [0.05, 0.1) is 0 Å². The van der Waals surface area contributed by atoms with Crippen LogP contribution >= 0.6 is 0 Å². The van der Waals surface area contributed by atoms with Gasteiger partial charge in [-0.2, -0.15) is 0 Å². The van der Waals surface area contributed by atoms with Gasteiger partial charge in [0, 0.05) is 37.3 Å². The fourth-order valence-corrected chi connectivity index (χ4v) is 4.23. The van der Waals surface area contributed by atoms with Gasteiger partial charge in [-0.3, -0.25) is 9.98 Å². The van der Waals surface area contributed by atoms with E-state index in [4.69, 9.17) is 0 Å². The Morgan fingerprint density at radius 3 is 1.25 bits per heavy atom. The number of hydrogen-bond donors (Lipinski definition) is 2. The molecule has 4 rings (SSSR count). The van der Waals surface area contributed by atoms with Gasteiger partial charge in [-0.05, 0) is 98.2 Å². The standard InChI is InChI=1S/C24H30N4/c1-15-11-19(12-16(2)23(15)27-21-7-5-9-25-21)20-13-17(3)24(18(4)14-20)28-22-8-6-10-26-22/h11-14H,5-10H2,1-4H3,(H,25,27)(H,26,28). The molecule has 0 amide bonds. The summed E-state index contributed by atoms with van der Waals surface area (Å²) >= 11 is 0. The zero-order valence-electron chi connectivity index (χ0n) is 17.4. The Morgan fingerprint density at radius 2 is 0.964 bits per heavy atom. The molecule has 4 nitrogen and oxygen atoms in total. The quantitative estimate of drug-likeness (QED) is 0.714. The van der Waals surface area contributed by atoms with Gasteiger partial charge in [-0.15, -0.1) is 0 Å². The van der Waals surface area contributed by atoms with Gasteiger partial charge in [-0.25, -0.2) is 0 Å². The smallest absolute Gasteiger partial charge is 0.101 e. The summed E-state index contributed by atoms with van der Waals surface area (Å²) in [5.41, 5.74) is 10.0. The lowest BCUT2D eigenvalue weighted by Gasteiger charge is -2.17. The molecule has 0 saturated heterocycles. The molecule has 0 aromatic heterocycles. The van der Waals surface area contributed by atoms with Crippen molar-refractivity contribution in [2.24, 2.45) is 9.98 Å². The number of anilines is 2. The number of aliphatic imine (C=N–C) groups is 2. The largest absolute Gasteiger partial charge is 0.344 e. The molecule has 4 heteroatoms. The summed E-state index contributed by atoms with van der Waals surface area (Å²) in [6.45, 7) is 10.6. The average Bonchev–Trinajstić information content (AvgIpc) is 3.34. The van der Waals surface area contributed by atoms with E-state index in [-0.39, 0.29) is 0 Å². The monoisotopic (exact) mass is 374 g/mol. The lowest BCUT2D eigenvalue weighted by molar-refractivity contribution is 0.951. The summed E-state index contributed by atoms with van der Waals surface area (Å²) in [5.74, 6) is 2.24. The number of benzene rings is 2. The summed E-state index contributed by atoms with van der Waals surface area (Å²) in [4.78, 5) is 9.12. The van der Waals surface area contributed by atoms with Crippen molar-refractivity contribution in [2.45, 2.75) is 53.4 Å². The van der Waals surface area contributed by atoms with Gasteiger partial charge in [0.25, 0.3) is 0 Å². The van der Waals surface area contributed by atoms with Crippen molar-refractivity contribution < 1.29 is 0 Å². The Labute approximate surface area is 168 Å². The van der Waals surface area contributed by atoms with Crippen molar-refractivity contribution in [3.63, 3.8) is 0 Å².